The van der Waals surface area contributed by atoms with E-state index in [2.05, 4.69) is 25.9 Å². The fraction of sp³-hybridized carbons (Fsp3) is 0.278. The first kappa shape index (κ1) is 18.1. The van der Waals surface area contributed by atoms with Crippen molar-refractivity contribution < 1.29 is 9.59 Å². The Labute approximate surface area is 165 Å². The average molecular weight is 397 g/mol. The average Bonchev–Trinajstić information content (AvgIpc) is 3.34. The number of benzene rings is 1. The van der Waals surface area contributed by atoms with E-state index in [9.17, 15) is 9.59 Å². The van der Waals surface area contributed by atoms with Gasteiger partial charge in [-0.3, -0.25) is 14.7 Å². The Bertz CT molecular complexity index is 1050. The summed E-state index contributed by atoms with van der Waals surface area (Å²) in [6.45, 7) is 0.745. The van der Waals surface area contributed by atoms with Crippen LogP contribution in [0.2, 0.25) is 0 Å². The molecule has 2 aromatic heterocycles. The van der Waals surface area contributed by atoms with E-state index in [4.69, 9.17) is 12.2 Å². The van der Waals surface area contributed by atoms with E-state index in [1.54, 1.807) is 10.9 Å². The number of amides is 2. The van der Waals surface area contributed by atoms with E-state index in [0.717, 1.165) is 24.4 Å². The van der Waals surface area contributed by atoms with Gasteiger partial charge in [0.15, 0.2) is 4.77 Å². The number of rotatable bonds is 6. The number of carbonyl (C=O) groups is 2. The van der Waals surface area contributed by atoms with Crippen molar-refractivity contribution in [1.29, 1.82) is 0 Å². The molecule has 0 atom stereocenters. The summed E-state index contributed by atoms with van der Waals surface area (Å²) in [6, 6.07) is 9.47. The number of H-pyrrole nitrogens is 1. The van der Waals surface area contributed by atoms with Crippen LogP contribution in [0, 0.1) is 4.77 Å². The SMILES string of the molecule is O=C(NCCn1c(C2CC2)n[nH]c1=S)C(=O)Nc1cnn(-c2ccccc2)c1. The highest BCUT2D eigenvalue weighted by atomic mass is 32.1. The Balaban J connectivity index is 1.30. The summed E-state index contributed by atoms with van der Waals surface area (Å²) in [7, 11) is 0. The van der Waals surface area contributed by atoms with Crippen molar-refractivity contribution >= 4 is 29.7 Å². The lowest BCUT2D eigenvalue weighted by Crippen LogP contribution is -2.37. The minimum Gasteiger partial charge on any atom is -0.346 e. The molecule has 1 fully saturated rings. The number of carbonyl (C=O) groups excluding carboxylic acids is 2. The lowest BCUT2D eigenvalue weighted by atomic mass is 10.3. The van der Waals surface area contributed by atoms with Crippen molar-refractivity contribution in [3.05, 3.63) is 53.3 Å². The van der Waals surface area contributed by atoms with Crippen LogP contribution in [0.3, 0.4) is 0 Å². The first-order valence-electron chi connectivity index (χ1n) is 8.96. The molecule has 144 valence electrons. The third kappa shape index (κ3) is 4.01. The number of anilines is 1. The Hall–Kier alpha value is -3.27. The summed E-state index contributed by atoms with van der Waals surface area (Å²) < 4.78 is 4.01. The molecule has 3 aromatic rings. The Morgan fingerprint density at radius 2 is 2.00 bits per heavy atom. The predicted octanol–water partition coefficient (Wildman–Crippen LogP) is 1.76. The van der Waals surface area contributed by atoms with Crippen LogP contribution in [0.1, 0.15) is 24.6 Å². The number of nitrogens with zero attached hydrogens (tertiary/aromatic N) is 4. The van der Waals surface area contributed by atoms with Gasteiger partial charge in [-0.15, -0.1) is 0 Å². The lowest BCUT2D eigenvalue weighted by molar-refractivity contribution is -0.136. The number of hydrogen-bond acceptors (Lipinski definition) is 5. The molecule has 4 rings (SSSR count). The quantitative estimate of drug-likeness (QED) is 0.434. The number of para-hydroxylation sites is 1. The molecule has 1 aliphatic carbocycles. The van der Waals surface area contributed by atoms with E-state index < -0.39 is 11.8 Å². The van der Waals surface area contributed by atoms with Gasteiger partial charge in [-0.25, -0.2) is 4.68 Å². The van der Waals surface area contributed by atoms with Gasteiger partial charge in [0.2, 0.25) is 0 Å². The zero-order chi connectivity index (χ0) is 19.5. The van der Waals surface area contributed by atoms with Crippen molar-refractivity contribution in [2.45, 2.75) is 25.3 Å². The van der Waals surface area contributed by atoms with Crippen LogP contribution in [0.5, 0.6) is 0 Å². The van der Waals surface area contributed by atoms with E-state index in [1.807, 2.05) is 34.9 Å². The first-order chi connectivity index (χ1) is 13.6. The topological polar surface area (TPSA) is 110 Å². The summed E-state index contributed by atoms with van der Waals surface area (Å²) in [5.74, 6) is -0.105. The molecule has 2 amide bonds. The number of hydrogen-bond donors (Lipinski definition) is 3. The molecule has 10 heteroatoms. The molecular weight excluding hydrogens is 378 g/mol. The van der Waals surface area contributed by atoms with E-state index in [0.29, 0.717) is 22.9 Å². The fourth-order valence-corrected chi connectivity index (χ4v) is 3.09. The fourth-order valence-electron chi connectivity index (χ4n) is 2.86. The van der Waals surface area contributed by atoms with Crippen LogP contribution in [-0.2, 0) is 16.1 Å². The van der Waals surface area contributed by atoms with E-state index >= 15 is 0 Å². The van der Waals surface area contributed by atoms with Crippen molar-refractivity contribution in [3.8, 4) is 5.69 Å². The third-order valence-corrected chi connectivity index (χ3v) is 4.73. The summed E-state index contributed by atoms with van der Waals surface area (Å²) in [5.41, 5.74) is 1.30. The number of nitrogens with one attached hydrogen (secondary N) is 3. The van der Waals surface area contributed by atoms with Crippen LogP contribution < -0.4 is 10.6 Å². The van der Waals surface area contributed by atoms with Crippen LogP contribution in [0.25, 0.3) is 5.69 Å². The maximum absolute atomic E-state index is 12.1. The standard InChI is InChI=1S/C18H19N7O2S/c26-16(19-8-9-24-15(12-6-7-12)22-23-18(24)28)17(27)21-13-10-20-25(11-13)14-4-2-1-3-5-14/h1-5,10-12H,6-9H2,(H,19,26)(H,21,27)(H,23,28). The Kier molecular flexibility index (Phi) is 5.02. The molecule has 1 aliphatic rings. The molecule has 0 bridgehead atoms. The van der Waals surface area contributed by atoms with Crippen LogP contribution >= 0.6 is 12.2 Å². The maximum Gasteiger partial charge on any atom is 0.313 e. The zero-order valence-electron chi connectivity index (χ0n) is 15.0. The first-order valence-corrected chi connectivity index (χ1v) is 9.37. The highest BCUT2D eigenvalue weighted by Crippen LogP contribution is 2.38. The molecule has 3 N–H and O–H groups in total. The molecule has 0 saturated heterocycles. The second-order valence-electron chi connectivity index (χ2n) is 6.53. The number of aromatic nitrogens is 5. The normalized spacial score (nSPS) is 13.3. The summed E-state index contributed by atoms with van der Waals surface area (Å²) in [6.07, 6.45) is 5.34. The molecule has 2 heterocycles. The van der Waals surface area contributed by atoms with Gasteiger partial charge >= 0.3 is 11.8 Å². The van der Waals surface area contributed by atoms with Crippen molar-refractivity contribution in [2.75, 3.05) is 11.9 Å². The zero-order valence-corrected chi connectivity index (χ0v) is 15.8. The lowest BCUT2D eigenvalue weighted by Gasteiger charge is -2.08. The molecule has 9 nitrogen and oxygen atoms in total. The second kappa shape index (κ2) is 7.77. The maximum atomic E-state index is 12.1. The molecular formula is C18H19N7O2S. The highest BCUT2D eigenvalue weighted by molar-refractivity contribution is 7.71. The van der Waals surface area contributed by atoms with Gasteiger partial charge in [0, 0.05) is 19.0 Å². The summed E-state index contributed by atoms with van der Waals surface area (Å²) in [4.78, 5) is 24.2. The van der Waals surface area contributed by atoms with E-state index in [1.165, 1.54) is 6.20 Å². The molecule has 0 spiro atoms. The van der Waals surface area contributed by atoms with Gasteiger partial charge in [0.1, 0.15) is 5.82 Å². The summed E-state index contributed by atoms with van der Waals surface area (Å²) >= 11 is 5.22. The highest BCUT2D eigenvalue weighted by Gasteiger charge is 2.29. The molecule has 0 aliphatic heterocycles. The van der Waals surface area contributed by atoms with Gasteiger partial charge in [0.25, 0.3) is 0 Å². The predicted molar refractivity (Wildman–Crippen MR) is 105 cm³/mol. The van der Waals surface area contributed by atoms with Gasteiger partial charge in [0.05, 0.1) is 23.8 Å². The van der Waals surface area contributed by atoms with Gasteiger partial charge in [-0.05, 0) is 37.2 Å². The Morgan fingerprint density at radius 3 is 2.75 bits per heavy atom. The molecule has 28 heavy (non-hydrogen) atoms. The number of aromatic amines is 1. The van der Waals surface area contributed by atoms with Gasteiger partial charge in [-0.1, -0.05) is 18.2 Å². The van der Waals surface area contributed by atoms with Gasteiger partial charge in [-0.2, -0.15) is 10.2 Å². The molecule has 1 aromatic carbocycles. The largest absolute Gasteiger partial charge is 0.346 e. The smallest absolute Gasteiger partial charge is 0.313 e. The van der Waals surface area contributed by atoms with Crippen LogP contribution in [0.15, 0.2) is 42.7 Å². The van der Waals surface area contributed by atoms with Crippen molar-refractivity contribution in [1.82, 2.24) is 29.9 Å². The second-order valence-corrected chi connectivity index (χ2v) is 6.92. The molecule has 0 unspecified atom stereocenters. The Morgan fingerprint density at radius 1 is 1.21 bits per heavy atom. The molecule has 0 radical (unpaired) electrons. The van der Waals surface area contributed by atoms with Crippen molar-refractivity contribution in [2.24, 2.45) is 0 Å². The van der Waals surface area contributed by atoms with Crippen molar-refractivity contribution in [3.63, 3.8) is 0 Å². The third-order valence-electron chi connectivity index (χ3n) is 4.42. The van der Waals surface area contributed by atoms with Crippen LogP contribution in [-0.4, -0.2) is 42.9 Å². The van der Waals surface area contributed by atoms with Crippen LogP contribution in [0.4, 0.5) is 5.69 Å². The molecule has 1 saturated carbocycles. The minimum absolute atomic E-state index is 0.281. The van der Waals surface area contributed by atoms with Gasteiger partial charge < -0.3 is 15.2 Å². The monoisotopic (exact) mass is 397 g/mol. The summed E-state index contributed by atoms with van der Waals surface area (Å²) in [5, 5.41) is 16.4. The minimum atomic E-state index is -0.745. The van der Waals surface area contributed by atoms with E-state index in [-0.39, 0.29) is 6.54 Å².